The fourth-order valence-corrected chi connectivity index (χ4v) is 4.25. The van der Waals surface area contributed by atoms with Gasteiger partial charge < -0.3 is 15.8 Å². The lowest BCUT2D eigenvalue weighted by molar-refractivity contribution is 0.211. The van der Waals surface area contributed by atoms with Gasteiger partial charge in [-0.05, 0) is 24.1 Å². The van der Waals surface area contributed by atoms with E-state index in [-0.39, 0.29) is 5.75 Å². The van der Waals surface area contributed by atoms with Gasteiger partial charge in [-0.3, -0.25) is 4.98 Å². The molecule has 2 heterocycles. The number of benzene rings is 1. The van der Waals surface area contributed by atoms with Crippen LogP contribution in [-0.4, -0.2) is 39.4 Å². The maximum absolute atomic E-state index is 12.1. The number of sulfone groups is 1. The first-order valence-corrected chi connectivity index (χ1v) is 8.35. The van der Waals surface area contributed by atoms with E-state index in [1.807, 2.05) is 0 Å². The molecule has 0 atom stereocenters. The van der Waals surface area contributed by atoms with Crippen molar-refractivity contribution in [3.8, 4) is 0 Å². The van der Waals surface area contributed by atoms with Crippen LogP contribution in [0.15, 0.2) is 23.2 Å². The number of aryl methyl sites for hydroxylation is 1. The summed E-state index contributed by atoms with van der Waals surface area (Å²) in [6.45, 7) is 1.13. The Balaban J connectivity index is 2.22. The van der Waals surface area contributed by atoms with Gasteiger partial charge in [0.15, 0.2) is 9.84 Å². The van der Waals surface area contributed by atoms with Crippen LogP contribution in [0.2, 0.25) is 0 Å². The minimum atomic E-state index is -3.17. The molecule has 7 heteroatoms. The number of nitrogens with zero attached hydrogens (tertiary/aromatic N) is 1. The van der Waals surface area contributed by atoms with E-state index in [1.165, 1.54) is 0 Å². The molecule has 0 saturated carbocycles. The Morgan fingerprint density at radius 2 is 2.24 bits per heavy atom. The van der Waals surface area contributed by atoms with Gasteiger partial charge in [0, 0.05) is 19.0 Å². The molecule has 0 bridgehead atoms. The molecule has 0 fully saturated rings. The van der Waals surface area contributed by atoms with Crippen molar-refractivity contribution in [1.82, 2.24) is 4.98 Å². The number of hydrogen-bond donors (Lipinski definition) is 2. The molecule has 21 heavy (non-hydrogen) atoms. The summed E-state index contributed by atoms with van der Waals surface area (Å²) in [5.41, 5.74) is 8.83. The second-order valence-corrected chi connectivity index (χ2v) is 7.09. The molecule has 3 N–H and O–H groups in total. The van der Waals surface area contributed by atoms with Crippen molar-refractivity contribution in [1.29, 1.82) is 0 Å². The fraction of sp³-hybridized carbons (Fsp3) is 0.357. The molecular formula is C14H17N3O3S. The number of rotatable bonds is 4. The van der Waals surface area contributed by atoms with Crippen LogP contribution in [0.4, 0.5) is 11.4 Å². The van der Waals surface area contributed by atoms with Crippen LogP contribution >= 0.6 is 0 Å². The molecule has 0 saturated heterocycles. The van der Waals surface area contributed by atoms with Gasteiger partial charge in [0.2, 0.25) is 0 Å². The van der Waals surface area contributed by atoms with Crippen molar-refractivity contribution in [2.45, 2.75) is 11.3 Å². The van der Waals surface area contributed by atoms with Gasteiger partial charge in [-0.15, -0.1) is 0 Å². The molecule has 2 aromatic rings. The number of anilines is 2. The van der Waals surface area contributed by atoms with Crippen molar-refractivity contribution in [3.05, 3.63) is 23.9 Å². The molecular weight excluding hydrogens is 290 g/mol. The normalized spacial score (nSPS) is 16.0. The highest BCUT2D eigenvalue weighted by Gasteiger charge is 2.29. The predicted octanol–water partition coefficient (Wildman–Crippen LogP) is 1.21. The molecule has 1 aliphatic rings. The zero-order valence-corrected chi connectivity index (χ0v) is 12.5. The average molecular weight is 307 g/mol. The lowest BCUT2D eigenvalue weighted by Crippen LogP contribution is -2.10. The first-order chi connectivity index (χ1) is 10.0. The number of nitrogens with one attached hydrogen (secondary N) is 1. The smallest absolute Gasteiger partial charge is 0.179 e. The van der Waals surface area contributed by atoms with E-state index in [0.717, 1.165) is 22.2 Å². The Morgan fingerprint density at radius 1 is 1.43 bits per heavy atom. The molecule has 0 amide bonds. The summed E-state index contributed by atoms with van der Waals surface area (Å²) < 4.78 is 29.1. The fourth-order valence-electron chi connectivity index (χ4n) is 2.71. The highest BCUT2D eigenvalue weighted by molar-refractivity contribution is 7.91. The third-order valence-corrected chi connectivity index (χ3v) is 5.49. The van der Waals surface area contributed by atoms with Gasteiger partial charge in [0.25, 0.3) is 0 Å². The minimum absolute atomic E-state index is 0.147. The highest BCUT2D eigenvalue weighted by Crippen LogP contribution is 2.37. The predicted molar refractivity (Wildman–Crippen MR) is 82.3 cm³/mol. The Bertz CT molecular complexity index is 803. The van der Waals surface area contributed by atoms with Crippen molar-refractivity contribution < 1.29 is 13.2 Å². The van der Waals surface area contributed by atoms with E-state index >= 15 is 0 Å². The molecule has 0 spiro atoms. The van der Waals surface area contributed by atoms with E-state index in [9.17, 15) is 8.42 Å². The lowest BCUT2D eigenvalue weighted by Gasteiger charge is -2.14. The van der Waals surface area contributed by atoms with E-state index in [1.54, 1.807) is 25.4 Å². The van der Waals surface area contributed by atoms with Crippen molar-refractivity contribution >= 4 is 32.1 Å². The van der Waals surface area contributed by atoms with E-state index < -0.39 is 9.84 Å². The SMILES string of the molecule is COCCNc1c(N)cnc2ccc3c(c12)CCS3(=O)=O. The van der Waals surface area contributed by atoms with Crippen LogP contribution in [0.25, 0.3) is 10.9 Å². The van der Waals surface area contributed by atoms with Gasteiger partial charge in [-0.25, -0.2) is 8.42 Å². The van der Waals surface area contributed by atoms with Crippen molar-refractivity contribution in [3.63, 3.8) is 0 Å². The van der Waals surface area contributed by atoms with Gasteiger partial charge in [0.05, 0.1) is 40.3 Å². The Labute approximate surface area is 123 Å². The second kappa shape index (κ2) is 5.16. The second-order valence-electron chi connectivity index (χ2n) is 5.01. The number of hydrogen-bond acceptors (Lipinski definition) is 6. The summed E-state index contributed by atoms with van der Waals surface area (Å²) in [4.78, 5) is 4.70. The molecule has 0 aliphatic carbocycles. The number of aromatic nitrogens is 1. The number of nitrogen functional groups attached to an aromatic ring is 1. The number of nitrogens with two attached hydrogens (primary N) is 1. The average Bonchev–Trinajstić information content (AvgIpc) is 2.77. The zero-order chi connectivity index (χ0) is 15.0. The quantitative estimate of drug-likeness (QED) is 0.824. The molecule has 3 rings (SSSR count). The van der Waals surface area contributed by atoms with Gasteiger partial charge in [-0.1, -0.05) is 0 Å². The van der Waals surface area contributed by atoms with E-state index in [2.05, 4.69) is 10.3 Å². The Hall–Kier alpha value is -1.86. The van der Waals surface area contributed by atoms with Crippen LogP contribution in [-0.2, 0) is 21.0 Å². The molecule has 112 valence electrons. The highest BCUT2D eigenvalue weighted by atomic mass is 32.2. The molecule has 1 aliphatic heterocycles. The first-order valence-electron chi connectivity index (χ1n) is 6.70. The minimum Gasteiger partial charge on any atom is -0.396 e. The van der Waals surface area contributed by atoms with Gasteiger partial charge >= 0.3 is 0 Å². The number of ether oxygens (including phenoxy) is 1. The molecule has 1 aromatic carbocycles. The van der Waals surface area contributed by atoms with E-state index in [4.69, 9.17) is 10.5 Å². The zero-order valence-electron chi connectivity index (χ0n) is 11.7. The third-order valence-electron chi connectivity index (χ3n) is 3.69. The third kappa shape index (κ3) is 2.32. The molecule has 6 nitrogen and oxygen atoms in total. The number of pyridine rings is 1. The summed E-state index contributed by atoms with van der Waals surface area (Å²) >= 11 is 0. The van der Waals surface area contributed by atoms with Crippen molar-refractivity contribution in [2.24, 2.45) is 0 Å². The van der Waals surface area contributed by atoms with Crippen LogP contribution in [0.5, 0.6) is 0 Å². The van der Waals surface area contributed by atoms with Crippen LogP contribution in [0.3, 0.4) is 0 Å². The molecule has 0 unspecified atom stereocenters. The van der Waals surface area contributed by atoms with E-state index in [0.29, 0.717) is 30.2 Å². The lowest BCUT2D eigenvalue weighted by atomic mass is 10.0. The topological polar surface area (TPSA) is 94.3 Å². The largest absolute Gasteiger partial charge is 0.396 e. The maximum atomic E-state index is 12.1. The van der Waals surface area contributed by atoms with Gasteiger partial charge in [-0.2, -0.15) is 0 Å². The van der Waals surface area contributed by atoms with Crippen LogP contribution in [0.1, 0.15) is 5.56 Å². The first kappa shape index (κ1) is 14.1. The summed E-state index contributed by atoms with van der Waals surface area (Å²) in [5.74, 6) is 0.147. The Kier molecular flexibility index (Phi) is 3.46. The summed E-state index contributed by atoms with van der Waals surface area (Å²) in [6, 6.07) is 3.38. The van der Waals surface area contributed by atoms with Crippen molar-refractivity contribution in [2.75, 3.05) is 37.1 Å². The standard InChI is InChI=1S/C14H17N3O3S/c1-20-6-5-16-14-10(15)8-17-11-2-3-12-9(13(11)14)4-7-21(12,18)19/h2-3,8H,4-7,15H2,1H3,(H,16,17). The number of methoxy groups -OCH3 is 1. The number of fused-ring (bicyclic) bond motifs is 3. The monoisotopic (exact) mass is 307 g/mol. The molecule has 0 radical (unpaired) electrons. The summed E-state index contributed by atoms with van der Waals surface area (Å²) in [6.07, 6.45) is 2.09. The van der Waals surface area contributed by atoms with Crippen LogP contribution < -0.4 is 11.1 Å². The van der Waals surface area contributed by atoms with Gasteiger partial charge in [0.1, 0.15) is 0 Å². The Morgan fingerprint density at radius 3 is 3.00 bits per heavy atom. The molecule has 1 aromatic heterocycles. The van der Waals surface area contributed by atoms with Crippen LogP contribution in [0, 0.1) is 0 Å². The maximum Gasteiger partial charge on any atom is 0.179 e. The summed E-state index contributed by atoms with van der Waals surface area (Å²) in [5, 5.41) is 4.04. The summed E-state index contributed by atoms with van der Waals surface area (Å²) in [7, 11) is -1.55.